The van der Waals surface area contributed by atoms with E-state index in [0.29, 0.717) is 36.9 Å². The molecule has 3 aromatic rings. The van der Waals surface area contributed by atoms with Gasteiger partial charge < -0.3 is 4.74 Å². The molecule has 5 rings (SSSR count). The second-order valence-corrected chi connectivity index (χ2v) is 11.2. The summed E-state index contributed by atoms with van der Waals surface area (Å²) < 4.78 is 11.6. The van der Waals surface area contributed by atoms with Crippen LogP contribution in [-0.2, 0) is 16.5 Å². The number of halogens is 1. The molecule has 2 aliphatic heterocycles. The molecule has 0 radical (unpaired) electrons. The van der Waals surface area contributed by atoms with Gasteiger partial charge in [-0.25, -0.2) is 9.65 Å². The lowest BCUT2D eigenvalue weighted by molar-refractivity contribution is 0.0744. The van der Waals surface area contributed by atoms with Gasteiger partial charge in [0, 0.05) is 36.1 Å². The monoisotopic (exact) mass is 444 g/mol. The van der Waals surface area contributed by atoms with E-state index in [0.717, 1.165) is 16.9 Å². The lowest BCUT2D eigenvalue weighted by Gasteiger charge is -2.46. The lowest BCUT2D eigenvalue weighted by atomic mass is 10.2. The lowest BCUT2D eigenvalue weighted by Crippen LogP contribution is -2.49. The standard InChI is InChI=1S/C20H18ClN4O2PS/c21-16-7-5-15(6-8-16)19(26)25-18-4-2-1-3-17(18)24-10-9-22-20(24)28(25,29)23-11-13-27-14-12-23/h1-10H,11-14H2. The van der Waals surface area contributed by atoms with Gasteiger partial charge in [-0.05, 0) is 48.2 Å². The molecule has 29 heavy (non-hydrogen) atoms. The minimum Gasteiger partial charge on any atom is -0.379 e. The molecule has 3 heterocycles. The Morgan fingerprint density at radius 3 is 2.48 bits per heavy atom. The molecule has 6 nitrogen and oxygen atoms in total. The van der Waals surface area contributed by atoms with Gasteiger partial charge in [0.25, 0.3) is 5.91 Å². The molecule has 1 amide bonds. The molecule has 9 heteroatoms. The zero-order valence-corrected chi connectivity index (χ0v) is 17.9. The number of imidazole rings is 1. The molecule has 1 unspecified atom stereocenters. The third kappa shape index (κ3) is 2.97. The van der Waals surface area contributed by atoms with Crippen molar-refractivity contribution in [2.45, 2.75) is 0 Å². The van der Waals surface area contributed by atoms with Gasteiger partial charge in [-0.15, -0.1) is 0 Å². The minimum atomic E-state index is -2.72. The molecule has 148 valence electrons. The summed E-state index contributed by atoms with van der Waals surface area (Å²) in [5.41, 5.74) is 2.99. The summed E-state index contributed by atoms with van der Waals surface area (Å²) in [5.74, 6) is -0.141. The fourth-order valence-electron chi connectivity index (χ4n) is 3.81. The summed E-state index contributed by atoms with van der Waals surface area (Å²) in [6.07, 6.45) is 0.953. The number of hydrogen-bond acceptors (Lipinski definition) is 4. The van der Waals surface area contributed by atoms with Gasteiger partial charge in [-0.3, -0.25) is 14.0 Å². The Labute approximate surface area is 178 Å². The van der Waals surface area contributed by atoms with Gasteiger partial charge in [0.05, 0.1) is 24.6 Å². The Morgan fingerprint density at radius 1 is 1.07 bits per heavy atom. The van der Waals surface area contributed by atoms with E-state index in [9.17, 15) is 4.79 Å². The summed E-state index contributed by atoms with van der Waals surface area (Å²) in [7, 11) is 0. The first-order valence-electron chi connectivity index (χ1n) is 9.28. The zero-order chi connectivity index (χ0) is 20.0. The highest BCUT2D eigenvalue weighted by Crippen LogP contribution is 2.58. The van der Waals surface area contributed by atoms with Crippen molar-refractivity contribution in [2.24, 2.45) is 0 Å². The van der Waals surface area contributed by atoms with Crippen LogP contribution in [-0.4, -0.2) is 46.4 Å². The maximum atomic E-state index is 13.8. The predicted molar refractivity (Wildman–Crippen MR) is 118 cm³/mol. The van der Waals surface area contributed by atoms with E-state index in [1.165, 1.54) is 0 Å². The first-order chi connectivity index (χ1) is 14.1. The van der Waals surface area contributed by atoms with Gasteiger partial charge >= 0.3 is 0 Å². The van der Waals surface area contributed by atoms with Crippen molar-refractivity contribution in [3.05, 3.63) is 71.5 Å². The summed E-state index contributed by atoms with van der Waals surface area (Å²) in [6, 6.07) is 14.8. The Bertz CT molecular complexity index is 1130. The van der Waals surface area contributed by atoms with E-state index in [1.54, 1.807) is 35.1 Å². The van der Waals surface area contributed by atoms with Crippen molar-refractivity contribution in [3.8, 4) is 5.69 Å². The first kappa shape index (κ1) is 19.0. The van der Waals surface area contributed by atoms with E-state index >= 15 is 0 Å². The highest BCUT2D eigenvalue weighted by atomic mass is 35.5. The van der Waals surface area contributed by atoms with E-state index in [1.807, 2.05) is 35.0 Å². The number of amides is 1. The Hall–Kier alpha value is -2.02. The number of anilines is 1. The van der Waals surface area contributed by atoms with Crippen LogP contribution in [0.1, 0.15) is 10.4 Å². The van der Waals surface area contributed by atoms with Crippen molar-refractivity contribution in [2.75, 3.05) is 31.0 Å². The zero-order valence-electron chi connectivity index (χ0n) is 15.4. The fraction of sp³-hybridized carbons (Fsp3) is 0.200. The number of hydrogen-bond donors (Lipinski definition) is 0. The average molecular weight is 445 g/mol. The number of fused-ring (bicyclic) bond motifs is 3. The maximum Gasteiger partial charge on any atom is 0.263 e. The van der Waals surface area contributed by atoms with Crippen molar-refractivity contribution >= 4 is 46.9 Å². The summed E-state index contributed by atoms with van der Waals surface area (Å²) in [5, 5.41) is 0.587. The number of carbonyl (C=O) groups is 1. The summed E-state index contributed by atoms with van der Waals surface area (Å²) in [6.45, 7) is 2.50. The van der Waals surface area contributed by atoms with Gasteiger partial charge in [-0.2, -0.15) is 0 Å². The number of carbonyl (C=O) groups excluding carboxylic acids is 1. The molecule has 1 atom stereocenters. The number of para-hydroxylation sites is 2. The summed E-state index contributed by atoms with van der Waals surface area (Å²) in [4.78, 5) is 18.4. The van der Waals surface area contributed by atoms with E-state index in [-0.39, 0.29) is 5.91 Å². The van der Waals surface area contributed by atoms with Gasteiger partial charge in [0.15, 0.2) is 11.9 Å². The molecular weight excluding hydrogens is 427 g/mol. The summed E-state index contributed by atoms with van der Waals surface area (Å²) >= 11 is 12.4. The topological polar surface area (TPSA) is 50.6 Å². The molecule has 2 aromatic carbocycles. The highest BCUT2D eigenvalue weighted by Gasteiger charge is 2.46. The molecule has 1 aromatic heterocycles. The average Bonchev–Trinajstić information content (AvgIpc) is 3.26. The second kappa shape index (κ2) is 7.35. The molecule has 0 N–H and O–H groups in total. The third-order valence-electron chi connectivity index (χ3n) is 5.18. The fourth-order valence-corrected chi connectivity index (χ4v) is 8.20. The van der Waals surface area contributed by atoms with E-state index < -0.39 is 6.34 Å². The van der Waals surface area contributed by atoms with Crippen molar-refractivity contribution < 1.29 is 9.53 Å². The molecular formula is C20H18ClN4O2PS. The number of rotatable bonds is 2. The molecule has 1 fully saturated rings. The number of morpholine rings is 1. The highest BCUT2D eigenvalue weighted by molar-refractivity contribution is 8.18. The van der Waals surface area contributed by atoms with Crippen molar-refractivity contribution in [3.63, 3.8) is 0 Å². The van der Waals surface area contributed by atoms with Crippen molar-refractivity contribution in [1.29, 1.82) is 0 Å². The normalized spacial score (nSPS) is 21.5. The van der Waals surface area contributed by atoms with Crippen LogP contribution < -0.4 is 10.2 Å². The molecule has 0 spiro atoms. The van der Waals surface area contributed by atoms with E-state index in [2.05, 4.69) is 9.65 Å². The number of nitrogens with zero attached hydrogens (tertiary/aromatic N) is 4. The second-order valence-electron chi connectivity index (χ2n) is 6.82. The first-order valence-corrected chi connectivity index (χ1v) is 12.4. The molecule has 0 saturated carbocycles. The van der Waals surface area contributed by atoms with Crippen LogP contribution in [0.2, 0.25) is 5.02 Å². The Balaban J connectivity index is 1.74. The van der Waals surface area contributed by atoms with Gasteiger partial charge in [-0.1, -0.05) is 23.7 Å². The van der Waals surface area contributed by atoms with Crippen LogP contribution in [0.15, 0.2) is 60.9 Å². The van der Waals surface area contributed by atoms with Crippen LogP contribution in [0.3, 0.4) is 0 Å². The number of ether oxygens (including phenoxy) is 1. The van der Waals surface area contributed by atoms with Crippen LogP contribution >= 0.6 is 17.9 Å². The SMILES string of the molecule is O=C(c1ccc(Cl)cc1)N1c2ccccc2-n2ccnc2P1(=S)N1CCOCC1. The Kier molecular flexibility index (Phi) is 4.81. The molecule has 0 aliphatic carbocycles. The quantitative estimate of drug-likeness (QED) is 0.567. The molecule has 2 aliphatic rings. The maximum absolute atomic E-state index is 13.8. The number of benzene rings is 2. The van der Waals surface area contributed by atoms with Crippen LogP contribution in [0, 0.1) is 0 Å². The molecule has 0 bridgehead atoms. The van der Waals surface area contributed by atoms with E-state index in [4.69, 9.17) is 28.1 Å². The smallest absolute Gasteiger partial charge is 0.263 e. The largest absolute Gasteiger partial charge is 0.379 e. The molecule has 1 saturated heterocycles. The van der Waals surface area contributed by atoms with Crippen LogP contribution in [0.25, 0.3) is 5.69 Å². The third-order valence-corrected chi connectivity index (χ3v) is 10.1. The van der Waals surface area contributed by atoms with Crippen LogP contribution in [0.4, 0.5) is 5.69 Å². The minimum absolute atomic E-state index is 0.141. The number of aromatic nitrogens is 2. The predicted octanol–water partition coefficient (Wildman–Crippen LogP) is 3.45. The Morgan fingerprint density at radius 2 is 1.76 bits per heavy atom. The van der Waals surface area contributed by atoms with Crippen LogP contribution in [0.5, 0.6) is 0 Å². The van der Waals surface area contributed by atoms with Crippen molar-refractivity contribution in [1.82, 2.24) is 14.2 Å². The van der Waals surface area contributed by atoms with Gasteiger partial charge in [0.1, 0.15) is 0 Å². The van der Waals surface area contributed by atoms with Gasteiger partial charge in [0.2, 0.25) is 0 Å².